The molecule has 8 nitrogen and oxygen atoms in total. The van der Waals surface area contributed by atoms with Gasteiger partial charge in [0.2, 0.25) is 0 Å². The molecule has 2 saturated carbocycles. The average Bonchev–Trinajstić information content (AvgIpc) is 3.48. The molecule has 0 amide bonds. The number of aliphatic hydroxyl groups excluding tert-OH is 1. The topological polar surface area (TPSA) is 142 Å². The molecule has 3 fully saturated rings. The molecule has 0 bridgehead atoms. The third-order valence-corrected chi connectivity index (χ3v) is 11.5. The first-order valence-corrected chi connectivity index (χ1v) is 13.7. The monoisotopic (exact) mass is 528 g/mol. The Labute approximate surface area is 223 Å². The van der Waals surface area contributed by atoms with Crippen LogP contribution in [0.15, 0.2) is 23.3 Å². The number of hydrogen-bond acceptors (Lipinski definition) is 7. The van der Waals surface area contributed by atoms with E-state index in [4.69, 9.17) is 4.74 Å². The molecule has 0 aromatic heterocycles. The first kappa shape index (κ1) is 27.4. The molecule has 38 heavy (non-hydrogen) atoms. The maximum absolute atomic E-state index is 14.2. The molecule has 208 valence electrons. The van der Waals surface area contributed by atoms with Crippen molar-refractivity contribution in [2.24, 2.45) is 33.5 Å². The predicted octanol–water partition coefficient (Wildman–Crippen LogP) is 3.18. The molecule has 5 aliphatic rings. The van der Waals surface area contributed by atoms with E-state index in [0.717, 1.165) is 5.57 Å². The van der Waals surface area contributed by atoms with Crippen LogP contribution in [0.25, 0.3) is 0 Å². The van der Waals surface area contributed by atoms with Crippen molar-refractivity contribution in [3.63, 3.8) is 0 Å². The van der Waals surface area contributed by atoms with E-state index in [1.165, 1.54) is 19.9 Å². The van der Waals surface area contributed by atoms with E-state index in [-0.39, 0.29) is 35.6 Å². The van der Waals surface area contributed by atoms with Crippen molar-refractivity contribution in [3.8, 4) is 0 Å². The van der Waals surface area contributed by atoms with E-state index in [1.807, 2.05) is 0 Å². The molecule has 9 atom stereocenters. The van der Waals surface area contributed by atoms with E-state index in [1.54, 1.807) is 19.9 Å². The Balaban J connectivity index is 1.57. The zero-order chi connectivity index (χ0) is 28.4. The van der Waals surface area contributed by atoms with Crippen LogP contribution in [0.5, 0.6) is 0 Å². The van der Waals surface area contributed by atoms with Crippen LogP contribution in [-0.2, 0) is 23.9 Å². The lowest BCUT2D eigenvalue weighted by Crippen LogP contribution is -2.66. The number of allylic oxidation sites excluding steroid dienone is 2. The van der Waals surface area contributed by atoms with Gasteiger partial charge in [0.25, 0.3) is 0 Å². The largest absolute Gasteiger partial charge is 0.481 e. The van der Waals surface area contributed by atoms with Crippen LogP contribution in [0, 0.1) is 33.5 Å². The van der Waals surface area contributed by atoms with E-state index in [9.17, 15) is 34.5 Å². The lowest BCUT2D eigenvalue weighted by Gasteiger charge is -2.61. The van der Waals surface area contributed by atoms with Crippen LogP contribution in [0.2, 0.25) is 0 Å². The third-order valence-electron chi connectivity index (χ3n) is 11.5. The number of epoxide rings is 1. The van der Waals surface area contributed by atoms with Crippen LogP contribution in [-0.4, -0.2) is 62.0 Å². The number of fused-ring (bicyclic) bond motifs is 3. The van der Waals surface area contributed by atoms with Gasteiger partial charge in [-0.1, -0.05) is 27.7 Å². The number of aliphatic carboxylic acids is 1. The average molecular weight is 529 g/mol. The second kappa shape index (κ2) is 7.73. The highest BCUT2D eigenvalue weighted by Crippen LogP contribution is 2.78. The van der Waals surface area contributed by atoms with Crippen molar-refractivity contribution < 1.29 is 39.2 Å². The van der Waals surface area contributed by atoms with Gasteiger partial charge in [-0.3, -0.25) is 19.2 Å². The Morgan fingerprint density at radius 1 is 1.13 bits per heavy atom. The van der Waals surface area contributed by atoms with Crippen molar-refractivity contribution in [2.75, 3.05) is 0 Å². The van der Waals surface area contributed by atoms with Crippen LogP contribution in [0.4, 0.5) is 0 Å². The van der Waals surface area contributed by atoms with Crippen LogP contribution >= 0.6 is 0 Å². The molecular weight excluding hydrogens is 488 g/mol. The van der Waals surface area contributed by atoms with E-state index in [0.29, 0.717) is 19.3 Å². The van der Waals surface area contributed by atoms with Crippen LogP contribution < -0.4 is 0 Å². The van der Waals surface area contributed by atoms with Gasteiger partial charge >= 0.3 is 5.97 Å². The number of ketones is 3. The fourth-order valence-corrected chi connectivity index (χ4v) is 9.00. The lowest BCUT2D eigenvalue weighted by atomic mass is 9.40. The molecule has 4 aliphatic carbocycles. The molecule has 0 aromatic rings. The number of ether oxygens (including phenoxy) is 1. The third kappa shape index (κ3) is 3.02. The maximum Gasteiger partial charge on any atom is 0.306 e. The number of Topliss-reactive ketones (excluding diaryl/α,β-unsaturated/α-hetero) is 1. The number of rotatable bonds is 6. The fraction of sp³-hybridized carbons (Fsp3) is 0.733. The van der Waals surface area contributed by atoms with Gasteiger partial charge in [0.05, 0.1) is 34.6 Å². The predicted molar refractivity (Wildman–Crippen MR) is 137 cm³/mol. The number of carboxylic acids is 1. The van der Waals surface area contributed by atoms with Gasteiger partial charge < -0.3 is 20.1 Å². The summed E-state index contributed by atoms with van der Waals surface area (Å²) in [6.07, 6.45) is 3.47. The number of aliphatic hydroxyl groups is 2. The Morgan fingerprint density at radius 3 is 2.37 bits per heavy atom. The Bertz CT molecular complexity index is 1220. The van der Waals surface area contributed by atoms with Gasteiger partial charge in [-0.15, -0.1) is 0 Å². The fourth-order valence-electron chi connectivity index (χ4n) is 9.00. The number of carboxylic acid groups (broad SMARTS) is 1. The summed E-state index contributed by atoms with van der Waals surface area (Å²) in [5.41, 5.74) is -5.38. The van der Waals surface area contributed by atoms with Crippen molar-refractivity contribution in [3.05, 3.63) is 23.3 Å². The summed E-state index contributed by atoms with van der Waals surface area (Å²) in [7, 11) is 0. The van der Waals surface area contributed by atoms with E-state index in [2.05, 4.69) is 20.8 Å². The van der Waals surface area contributed by atoms with Gasteiger partial charge in [0.15, 0.2) is 11.6 Å². The SMILES string of the molecule is C[C@@H](CC(=O)C[C@](C)(O)C1=CC(=O)[C@]2(C)[C@]1(C)C(=O)C=C1[C@]23O[C@H]3C[C@H]2C(C)(C)[C@@H](O)CC[C@]12C)C(=O)O. The van der Waals surface area contributed by atoms with Crippen LogP contribution in [0.1, 0.15) is 80.6 Å². The lowest BCUT2D eigenvalue weighted by molar-refractivity contribution is -0.148. The highest BCUT2D eigenvalue weighted by atomic mass is 16.6. The first-order chi connectivity index (χ1) is 17.3. The van der Waals surface area contributed by atoms with Crippen molar-refractivity contribution in [1.29, 1.82) is 0 Å². The smallest absolute Gasteiger partial charge is 0.306 e. The summed E-state index contributed by atoms with van der Waals surface area (Å²) in [6, 6.07) is 0. The minimum atomic E-state index is -1.82. The summed E-state index contributed by atoms with van der Waals surface area (Å²) in [4.78, 5) is 52.1. The van der Waals surface area contributed by atoms with Crippen LogP contribution in [0.3, 0.4) is 0 Å². The van der Waals surface area contributed by atoms with Gasteiger partial charge in [-0.25, -0.2) is 0 Å². The molecule has 1 spiro atoms. The number of hydrogen-bond donors (Lipinski definition) is 3. The highest BCUT2D eigenvalue weighted by molar-refractivity contribution is 6.14. The van der Waals surface area contributed by atoms with Gasteiger partial charge in [0, 0.05) is 12.8 Å². The van der Waals surface area contributed by atoms with Gasteiger partial charge in [-0.2, -0.15) is 0 Å². The summed E-state index contributed by atoms with van der Waals surface area (Å²) < 4.78 is 6.51. The van der Waals surface area contributed by atoms with Crippen molar-refractivity contribution in [2.45, 2.75) is 104 Å². The second-order valence-electron chi connectivity index (χ2n) is 14.0. The van der Waals surface area contributed by atoms with Crippen molar-refractivity contribution >= 4 is 23.3 Å². The quantitative estimate of drug-likeness (QED) is 0.446. The molecule has 3 N–H and O–H groups in total. The molecule has 1 aliphatic heterocycles. The summed E-state index contributed by atoms with van der Waals surface area (Å²) in [5.74, 6) is -3.01. The zero-order valence-electron chi connectivity index (χ0n) is 23.4. The van der Waals surface area contributed by atoms with Crippen molar-refractivity contribution in [1.82, 2.24) is 0 Å². The molecule has 5 rings (SSSR count). The molecule has 8 heteroatoms. The minimum Gasteiger partial charge on any atom is -0.481 e. The van der Waals surface area contributed by atoms with E-state index >= 15 is 0 Å². The standard InChI is InChI=1S/C30H40O8/c1-15(24(35)36)10-16(31)14-27(5,37)19-12-22(34)29(7)28(19,6)21(33)11-18-26(4)9-8-20(32)25(2,3)17(26)13-23-30(18,29)38-23/h11-12,15,17,20,23,32,37H,8-10,13-14H2,1-7H3,(H,35,36)/t15-,17-,20-,23-,26-,27-,28-,29+,30+/m0/s1. The molecule has 0 aromatic carbocycles. The summed E-state index contributed by atoms with van der Waals surface area (Å²) in [5, 5.41) is 31.6. The minimum absolute atomic E-state index is 0.0623. The maximum atomic E-state index is 14.2. The highest BCUT2D eigenvalue weighted by Gasteiger charge is 2.85. The Hall–Kier alpha value is -2.16. The summed E-state index contributed by atoms with van der Waals surface area (Å²) >= 11 is 0. The van der Waals surface area contributed by atoms with Gasteiger partial charge in [0.1, 0.15) is 11.4 Å². The molecule has 1 heterocycles. The Morgan fingerprint density at radius 2 is 1.76 bits per heavy atom. The molecular formula is C30H40O8. The summed E-state index contributed by atoms with van der Waals surface area (Å²) in [6.45, 7) is 12.5. The number of carbonyl (C=O) groups is 4. The number of carbonyl (C=O) groups excluding carboxylic acids is 3. The van der Waals surface area contributed by atoms with Gasteiger partial charge in [-0.05, 0) is 80.1 Å². The zero-order valence-corrected chi connectivity index (χ0v) is 23.4. The molecule has 0 radical (unpaired) electrons. The molecule has 0 unspecified atom stereocenters. The normalized spacial score (nSPS) is 44.9. The second-order valence-corrected chi connectivity index (χ2v) is 14.0. The molecule has 1 saturated heterocycles. The Kier molecular flexibility index (Phi) is 5.58. The van der Waals surface area contributed by atoms with E-state index < -0.39 is 63.1 Å². The first-order valence-electron chi connectivity index (χ1n) is 13.7.